The molecule has 3 atom stereocenters. The zero-order valence-electron chi connectivity index (χ0n) is 4.75. The van der Waals surface area contributed by atoms with Crippen molar-refractivity contribution in [3.8, 4) is 0 Å². The number of thiol groups is 1. The Labute approximate surface area is 55.4 Å². The minimum atomic E-state index is 0.685. The smallest absolute Gasteiger partial charge is 0.00854 e. The van der Waals surface area contributed by atoms with E-state index in [4.69, 9.17) is 0 Å². The molecule has 1 fully saturated rings. The summed E-state index contributed by atoms with van der Waals surface area (Å²) in [5.41, 5.74) is 0. The van der Waals surface area contributed by atoms with Crippen LogP contribution >= 0.6 is 12.6 Å². The van der Waals surface area contributed by atoms with Gasteiger partial charge in [-0.25, -0.2) is 0 Å². The van der Waals surface area contributed by atoms with Crippen molar-refractivity contribution in [1.29, 1.82) is 0 Å². The van der Waals surface area contributed by atoms with E-state index in [1.54, 1.807) is 0 Å². The number of rotatable bonds is 0. The molecule has 0 aromatic carbocycles. The van der Waals surface area contributed by atoms with Gasteiger partial charge in [0.2, 0.25) is 0 Å². The number of hydrogen-bond acceptors (Lipinski definition) is 1. The predicted octanol–water partition coefficient (Wildman–Crippen LogP) is 1.88. The van der Waals surface area contributed by atoms with E-state index in [1.165, 1.54) is 12.8 Å². The van der Waals surface area contributed by atoms with Crippen LogP contribution in [0.15, 0.2) is 12.2 Å². The molecular weight excluding hydrogens is 116 g/mol. The first-order valence-electron chi connectivity index (χ1n) is 3.22. The first-order chi connectivity index (χ1) is 3.86. The zero-order valence-corrected chi connectivity index (χ0v) is 5.64. The quantitative estimate of drug-likeness (QED) is 0.372. The van der Waals surface area contributed by atoms with Crippen LogP contribution in [0.2, 0.25) is 0 Å². The van der Waals surface area contributed by atoms with Gasteiger partial charge in [0.05, 0.1) is 0 Å². The molecule has 0 aromatic heterocycles. The van der Waals surface area contributed by atoms with E-state index in [1.807, 2.05) is 0 Å². The number of fused-ring (bicyclic) bond motifs is 2. The van der Waals surface area contributed by atoms with Crippen LogP contribution in [-0.2, 0) is 0 Å². The third kappa shape index (κ3) is 0.540. The highest BCUT2D eigenvalue weighted by molar-refractivity contribution is 7.81. The fourth-order valence-corrected chi connectivity index (χ4v) is 2.24. The second kappa shape index (κ2) is 1.53. The average molecular weight is 126 g/mol. The van der Waals surface area contributed by atoms with Crippen molar-refractivity contribution in [3.05, 3.63) is 12.2 Å². The molecule has 0 amide bonds. The van der Waals surface area contributed by atoms with Crippen LogP contribution in [0.4, 0.5) is 0 Å². The molecule has 0 aliphatic heterocycles. The SMILES string of the molecule is S[C@H]1C[C@@H]2C=C[C@H]1C2. The Morgan fingerprint density at radius 2 is 2.12 bits per heavy atom. The third-order valence-corrected chi connectivity index (χ3v) is 2.84. The van der Waals surface area contributed by atoms with Gasteiger partial charge in [0.25, 0.3) is 0 Å². The van der Waals surface area contributed by atoms with E-state index >= 15 is 0 Å². The van der Waals surface area contributed by atoms with E-state index in [0.29, 0.717) is 5.25 Å². The molecule has 8 heavy (non-hydrogen) atoms. The van der Waals surface area contributed by atoms with Crippen LogP contribution in [0.5, 0.6) is 0 Å². The minimum absolute atomic E-state index is 0.685. The number of allylic oxidation sites excluding steroid dienone is 2. The maximum absolute atomic E-state index is 4.45. The van der Waals surface area contributed by atoms with Gasteiger partial charge in [-0.1, -0.05) is 12.2 Å². The second-order valence-electron chi connectivity index (χ2n) is 2.85. The molecule has 0 N–H and O–H groups in total. The summed E-state index contributed by atoms with van der Waals surface area (Å²) in [6.45, 7) is 0. The van der Waals surface area contributed by atoms with Crippen LogP contribution in [0.25, 0.3) is 0 Å². The standard InChI is InChI=1S/C7H10S/c8-7-4-5-1-2-6(7)3-5/h1-2,5-8H,3-4H2/t5-,6+,7+/m1/s1. The van der Waals surface area contributed by atoms with Crippen molar-refractivity contribution in [2.75, 3.05) is 0 Å². The Kier molecular flexibility index (Phi) is 0.944. The van der Waals surface area contributed by atoms with Crippen LogP contribution < -0.4 is 0 Å². The van der Waals surface area contributed by atoms with Gasteiger partial charge in [0, 0.05) is 5.25 Å². The molecule has 1 saturated carbocycles. The van der Waals surface area contributed by atoms with Crippen molar-refractivity contribution in [2.24, 2.45) is 11.8 Å². The maximum Gasteiger partial charge on any atom is 0.00854 e. The van der Waals surface area contributed by atoms with Gasteiger partial charge in [-0.3, -0.25) is 0 Å². The van der Waals surface area contributed by atoms with E-state index in [0.717, 1.165) is 11.8 Å². The molecule has 0 aromatic rings. The fourth-order valence-electron chi connectivity index (χ4n) is 1.75. The lowest BCUT2D eigenvalue weighted by Crippen LogP contribution is -2.04. The molecule has 0 unspecified atom stereocenters. The molecule has 2 rings (SSSR count). The number of hydrogen-bond donors (Lipinski definition) is 1. The second-order valence-corrected chi connectivity index (χ2v) is 3.51. The Hall–Kier alpha value is 0.0900. The fraction of sp³-hybridized carbons (Fsp3) is 0.714. The summed E-state index contributed by atoms with van der Waals surface area (Å²) in [4.78, 5) is 0. The van der Waals surface area contributed by atoms with Crippen molar-refractivity contribution < 1.29 is 0 Å². The molecule has 0 spiro atoms. The van der Waals surface area contributed by atoms with Crippen molar-refractivity contribution in [3.63, 3.8) is 0 Å². The molecule has 44 valence electrons. The van der Waals surface area contributed by atoms with Crippen molar-refractivity contribution in [2.45, 2.75) is 18.1 Å². The largest absolute Gasteiger partial charge is 0.175 e. The Morgan fingerprint density at radius 3 is 2.38 bits per heavy atom. The lowest BCUT2D eigenvalue weighted by atomic mass is 10.1. The highest BCUT2D eigenvalue weighted by Crippen LogP contribution is 2.41. The molecular formula is C7H10S. The molecule has 0 heterocycles. The van der Waals surface area contributed by atoms with Crippen LogP contribution in [0.1, 0.15) is 12.8 Å². The molecule has 1 heteroatoms. The molecule has 0 saturated heterocycles. The summed E-state index contributed by atoms with van der Waals surface area (Å²) < 4.78 is 0. The molecule has 0 nitrogen and oxygen atoms in total. The lowest BCUT2D eigenvalue weighted by Gasteiger charge is -2.08. The van der Waals surface area contributed by atoms with Gasteiger partial charge in [0.1, 0.15) is 0 Å². The van der Waals surface area contributed by atoms with E-state index in [9.17, 15) is 0 Å². The Balaban J connectivity index is 2.23. The van der Waals surface area contributed by atoms with Gasteiger partial charge < -0.3 is 0 Å². The van der Waals surface area contributed by atoms with Gasteiger partial charge in [-0.15, -0.1) is 0 Å². The summed E-state index contributed by atoms with van der Waals surface area (Å²) in [6.07, 6.45) is 7.38. The van der Waals surface area contributed by atoms with Crippen molar-refractivity contribution in [1.82, 2.24) is 0 Å². The van der Waals surface area contributed by atoms with Gasteiger partial charge in [0.15, 0.2) is 0 Å². The summed E-state index contributed by atoms with van der Waals surface area (Å²) in [5.74, 6) is 1.71. The molecule has 2 aliphatic rings. The van der Waals surface area contributed by atoms with E-state index < -0.39 is 0 Å². The van der Waals surface area contributed by atoms with Crippen LogP contribution in [-0.4, -0.2) is 5.25 Å². The summed E-state index contributed by atoms with van der Waals surface area (Å²) in [5, 5.41) is 0.685. The van der Waals surface area contributed by atoms with E-state index in [-0.39, 0.29) is 0 Å². The van der Waals surface area contributed by atoms with Crippen LogP contribution in [0.3, 0.4) is 0 Å². The Morgan fingerprint density at radius 1 is 1.25 bits per heavy atom. The van der Waals surface area contributed by atoms with Gasteiger partial charge in [-0.05, 0) is 24.7 Å². The normalized spacial score (nSPS) is 50.9. The Bertz CT molecular complexity index is 128. The molecule has 2 bridgehead atoms. The summed E-state index contributed by atoms with van der Waals surface area (Å²) >= 11 is 4.45. The van der Waals surface area contributed by atoms with Crippen LogP contribution in [0, 0.1) is 11.8 Å². The highest BCUT2D eigenvalue weighted by Gasteiger charge is 2.32. The highest BCUT2D eigenvalue weighted by atomic mass is 32.1. The zero-order chi connectivity index (χ0) is 5.56. The van der Waals surface area contributed by atoms with Crippen molar-refractivity contribution >= 4 is 12.6 Å². The molecule has 2 aliphatic carbocycles. The average Bonchev–Trinajstić information content (AvgIpc) is 2.23. The summed E-state index contributed by atoms with van der Waals surface area (Å²) in [6, 6.07) is 0. The monoisotopic (exact) mass is 126 g/mol. The first kappa shape index (κ1) is 4.92. The lowest BCUT2D eigenvalue weighted by molar-refractivity contribution is 0.692. The van der Waals surface area contributed by atoms with E-state index in [2.05, 4.69) is 24.8 Å². The summed E-state index contributed by atoms with van der Waals surface area (Å²) in [7, 11) is 0. The predicted molar refractivity (Wildman–Crippen MR) is 38.1 cm³/mol. The minimum Gasteiger partial charge on any atom is -0.175 e. The first-order valence-corrected chi connectivity index (χ1v) is 3.74. The maximum atomic E-state index is 4.45. The topological polar surface area (TPSA) is 0 Å². The van der Waals surface area contributed by atoms with Gasteiger partial charge in [-0.2, -0.15) is 12.6 Å². The van der Waals surface area contributed by atoms with Gasteiger partial charge >= 0.3 is 0 Å². The third-order valence-electron chi connectivity index (χ3n) is 2.24. The molecule has 0 radical (unpaired) electrons.